The SMILES string of the molecule is O=C(Nc1cccc2cnccc12)c1[nH]c(C2CC2)[n+]2ccccc12. The van der Waals surface area contributed by atoms with E-state index in [0.717, 1.165) is 27.8 Å². The maximum atomic E-state index is 13.0. The van der Waals surface area contributed by atoms with E-state index < -0.39 is 0 Å². The first-order chi connectivity index (χ1) is 12.3. The Balaban J connectivity index is 1.57. The van der Waals surface area contributed by atoms with E-state index in [0.29, 0.717) is 11.6 Å². The van der Waals surface area contributed by atoms with Crippen molar-refractivity contribution < 1.29 is 9.20 Å². The Morgan fingerprint density at radius 3 is 2.96 bits per heavy atom. The summed E-state index contributed by atoms with van der Waals surface area (Å²) in [5.74, 6) is 1.52. The van der Waals surface area contributed by atoms with E-state index in [1.807, 2.05) is 48.7 Å². The average Bonchev–Trinajstić information content (AvgIpc) is 3.42. The summed E-state index contributed by atoms with van der Waals surface area (Å²) in [6.07, 6.45) is 7.91. The average molecular weight is 329 g/mol. The zero-order chi connectivity index (χ0) is 16.8. The molecule has 1 aromatic carbocycles. The second-order valence-electron chi connectivity index (χ2n) is 6.47. The fourth-order valence-corrected chi connectivity index (χ4v) is 3.35. The summed E-state index contributed by atoms with van der Waals surface area (Å²) in [6.45, 7) is 0. The van der Waals surface area contributed by atoms with E-state index in [-0.39, 0.29) is 5.91 Å². The zero-order valence-corrected chi connectivity index (χ0v) is 13.6. The lowest BCUT2D eigenvalue weighted by Crippen LogP contribution is -2.23. The molecule has 0 radical (unpaired) electrons. The van der Waals surface area contributed by atoms with Crippen LogP contribution in [-0.4, -0.2) is 15.9 Å². The highest BCUT2D eigenvalue weighted by atomic mass is 16.1. The standard InChI is InChI=1S/C20H16N4O/c25-20(22-16-5-3-4-14-12-21-10-9-15(14)16)18-17-6-1-2-11-24(17)19(23-18)13-7-8-13/h1-6,9-13H,7-8H2,(H,22,25)/p+1. The lowest BCUT2D eigenvalue weighted by Gasteiger charge is -2.06. The molecule has 3 aromatic heterocycles. The molecule has 1 aliphatic carbocycles. The van der Waals surface area contributed by atoms with Crippen LogP contribution in [0.1, 0.15) is 35.1 Å². The summed E-state index contributed by atoms with van der Waals surface area (Å²) in [4.78, 5) is 20.5. The number of carbonyl (C=O) groups is 1. The molecule has 1 amide bonds. The molecule has 5 heteroatoms. The van der Waals surface area contributed by atoms with Crippen LogP contribution in [0, 0.1) is 0 Å². The molecule has 5 nitrogen and oxygen atoms in total. The second-order valence-corrected chi connectivity index (χ2v) is 6.47. The molecule has 25 heavy (non-hydrogen) atoms. The summed E-state index contributed by atoms with van der Waals surface area (Å²) in [6, 6.07) is 13.7. The highest BCUT2D eigenvalue weighted by Gasteiger charge is 2.35. The minimum atomic E-state index is -0.125. The van der Waals surface area contributed by atoms with Gasteiger partial charge in [0.05, 0.1) is 12.1 Å². The first-order valence-electron chi connectivity index (χ1n) is 8.47. The summed E-state index contributed by atoms with van der Waals surface area (Å²) in [5, 5.41) is 5.04. The Morgan fingerprint density at radius 2 is 2.08 bits per heavy atom. The van der Waals surface area contributed by atoms with Crippen molar-refractivity contribution in [1.82, 2.24) is 9.97 Å². The maximum Gasteiger partial charge on any atom is 0.300 e. The number of aromatic amines is 1. The molecule has 2 N–H and O–H groups in total. The highest BCUT2D eigenvalue weighted by Crippen LogP contribution is 2.38. The number of anilines is 1. The van der Waals surface area contributed by atoms with E-state index in [1.165, 1.54) is 12.8 Å². The van der Waals surface area contributed by atoms with Gasteiger partial charge < -0.3 is 5.32 Å². The Morgan fingerprint density at radius 1 is 1.16 bits per heavy atom. The number of hydrogen-bond acceptors (Lipinski definition) is 2. The molecule has 0 aliphatic heterocycles. The van der Waals surface area contributed by atoms with Crippen LogP contribution in [0.3, 0.4) is 0 Å². The van der Waals surface area contributed by atoms with Crippen molar-refractivity contribution in [3.05, 3.63) is 72.6 Å². The molecule has 0 atom stereocenters. The van der Waals surface area contributed by atoms with Crippen LogP contribution < -0.4 is 9.72 Å². The van der Waals surface area contributed by atoms with Crippen molar-refractivity contribution in [3.63, 3.8) is 0 Å². The van der Waals surface area contributed by atoms with Gasteiger partial charge in [-0.15, -0.1) is 0 Å². The summed E-state index contributed by atoms with van der Waals surface area (Å²) >= 11 is 0. The van der Waals surface area contributed by atoms with Gasteiger partial charge >= 0.3 is 0 Å². The number of benzene rings is 1. The van der Waals surface area contributed by atoms with Crippen LogP contribution in [0.5, 0.6) is 0 Å². The van der Waals surface area contributed by atoms with Gasteiger partial charge in [-0.25, -0.2) is 4.98 Å². The van der Waals surface area contributed by atoms with Crippen molar-refractivity contribution in [2.45, 2.75) is 18.8 Å². The van der Waals surface area contributed by atoms with Gasteiger partial charge in [0, 0.05) is 28.9 Å². The predicted octanol–water partition coefficient (Wildman–Crippen LogP) is 3.43. The van der Waals surface area contributed by atoms with Gasteiger partial charge in [0.25, 0.3) is 11.7 Å². The minimum Gasteiger partial charge on any atom is -0.318 e. The van der Waals surface area contributed by atoms with Crippen molar-refractivity contribution >= 4 is 27.9 Å². The Kier molecular flexibility index (Phi) is 3.06. The van der Waals surface area contributed by atoms with Crippen LogP contribution in [0.2, 0.25) is 0 Å². The van der Waals surface area contributed by atoms with Crippen LogP contribution in [0.15, 0.2) is 61.1 Å². The summed E-state index contributed by atoms with van der Waals surface area (Å²) in [7, 11) is 0. The van der Waals surface area contributed by atoms with Crippen molar-refractivity contribution in [1.29, 1.82) is 0 Å². The number of nitrogens with zero attached hydrogens (tertiary/aromatic N) is 2. The number of fused-ring (bicyclic) bond motifs is 2. The van der Waals surface area contributed by atoms with Gasteiger partial charge in [0.1, 0.15) is 0 Å². The summed E-state index contributed by atoms with van der Waals surface area (Å²) < 4.78 is 2.10. The number of imidazole rings is 1. The van der Waals surface area contributed by atoms with Crippen LogP contribution >= 0.6 is 0 Å². The third-order valence-corrected chi connectivity index (χ3v) is 4.75. The second kappa shape index (κ2) is 5.41. The van der Waals surface area contributed by atoms with Gasteiger partial charge in [-0.3, -0.25) is 9.78 Å². The fraction of sp³-hybridized carbons (Fsp3) is 0.150. The number of aromatic nitrogens is 3. The normalized spacial score (nSPS) is 14.1. The number of rotatable bonds is 3. The van der Waals surface area contributed by atoms with Crippen LogP contribution in [-0.2, 0) is 0 Å². The number of amides is 1. The first-order valence-corrected chi connectivity index (χ1v) is 8.47. The largest absolute Gasteiger partial charge is 0.318 e. The number of H-pyrrole nitrogens is 1. The molecule has 122 valence electrons. The number of hydrogen-bond donors (Lipinski definition) is 2. The summed E-state index contributed by atoms with van der Waals surface area (Å²) in [5.41, 5.74) is 2.30. The van der Waals surface area contributed by atoms with E-state index in [1.54, 1.807) is 12.4 Å². The van der Waals surface area contributed by atoms with Gasteiger partial charge in [-0.1, -0.05) is 18.2 Å². The smallest absolute Gasteiger partial charge is 0.300 e. The third kappa shape index (κ3) is 2.36. The van der Waals surface area contributed by atoms with Gasteiger partial charge in [-0.05, 0) is 37.1 Å². The topological polar surface area (TPSA) is 61.9 Å². The predicted molar refractivity (Wildman–Crippen MR) is 95.6 cm³/mol. The quantitative estimate of drug-likeness (QED) is 0.566. The molecule has 0 spiro atoms. The lowest BCUT2D eigenvalue weighted by atomic mass is 10.1. The molecule has 3 heterocycles. The van der Waals surface area contributed by atoms with E-state index in [4.69, 9.17) is 0 Å². The monoisotopic (exact) mass is 329 g/mol. The van der Waals surface area contributed by atoms with Crippen molar-refractivity contribution in [2.24, 2.45) is 0 Å². The van der Waals surface area contributed by atoms with Crippen molar-refractivity contribution in [3.8, 4) is 0 Å². The Labute approximate surface area is 144 Å². The molecule has 1 aliphatic rings. The molecule has 5 rings (SSSR count). The molecule has 1 saturated carbocycles. The maximum absolute atomic E-state index is 13.0. The molecule has 0 saturated heterocycles. The van der Waals surface area contributed by atoms with Crippen molar-refractivity contribution in [2.75, 3.05) is 5.32 Å². The highest BCUT2D eigenvalue weighted by molar-refractivity contribution is 6.10. The molecule has 0 unspecified atom stereocenters. The number of pyridine rings is 2. The third-order valence-electron chi connectivity index (χ3n) is 4.75. The number of nitrogens with one attached hydrogen (secondary N) is 2. The van der Waals surface area contributed by atoms with Gasteiger partial charge in [0.15, 0.2) is 5.52 Å². The van der Waals surface area contributed by atoms with E-state index in [2.05, 4.69) is 19.7 Å². The first kappa shape index (κ1) is 14.2. The van der Waals surface area contributed by atoms with Crippen LogP contribution in [0.4, 0.5) is 5.69 Å². The van der Waals surface area contributed by atoms with E-state index in [9.17, 15) is 4.79 Å². The lowest BCUT2D eigenvalue weighted by molar-refractivity contribution is -0.521. The van der Waals surface area contributed by atoms with Gasteiger partial charge in [-0.2, -0.15) is 4.40 Å². The molecule has 4 aromatic rings. The van der Waals surface area contributed by atoms with Crippen LogP contribution in [0.25, 0.3) is 16.3 Å². The fourth-order valence-electron chi connectivity index (χ4n) is 3.35. The minimum absolute atomic E-state index is 0.125. The van der Waals surface area contributed by atoms with E-state index >= 15 is 0 Å². The molecular weight excluding hydrogens is 312 g/mol. The molecule has 1 fully saturated rings. The Hall–Kier alpha value is -3.21. The van der Waals surface area contributed by atoms with Gasteiger partial charge in [0.2, 0.25) is 5.69 Å². The number of carbonyl (C=O) groups excluding carboxylic acids is 1. The Bertz CT molecular complexity index is 1110. The zero-order valence-electron chi connectivity index (χ0n) is 13.6. The molecule has 0 bridgehead atoms. The molecular formula is C20H17N4O+.